The Kier molecular flexibility index (Phi) is 4.77. The summed E-state index contributed by atoms with van der Waals surface area (Å²) in [6.45, 7) is 3.40. The summed E-state index contributed by atoms with van der Waals surface area (Å²) in [7, 11) is -4.83. The van der Waals surface area contributed by atoms with E-state index in [9.17, 15) is 22.8 Å². The van der Waals surface area contributed by atoms with Crippen molar-refractivity contribution in [2.24, 2.45) is 5.92 Å². The van der Waals surface area contributed by atoms with Crippen LogP contribution in [0.2, 0.25) is 0 Å². The summed E-state index contributed by atoms with van der Waals surface area (Å²) in [5.74, 6) is -1.28. The van der Waals surface area contributed by atoms with Gasteiger partial charge in [-0.05, 0) is 12.8 Å². The summed E-state index contributed by atoms with van der Waals surface area (Å²) in [5, 5.41) is 0.551. The van der Waals surface area contributed by atoms with E-state index in [4.69, 9.17) is 4.55 Å². The molecule has 0 radical (unpaired) electrons. The molecule has 2 aliphatic heterocycles. The summed E-state index contributed by atoms with van der Waals surface area (Å²) in [6.07, 6.45) is 0.582. The molecule has 130 valence electrons. The van der Waals surface area contributed by atoms with Crippen LogP contribution in [0.1, 0.15) is 26.7 Å². The predicted molar refractivity (Wildman–Crippen MR) is 74.5 cm³/mol. The first-order valence-corrected chi connectivity index (χ1v) is 8.33. The van der Waals surface area contributed by atoms with Crippen molar-refractivity contribution in [3.8, 4) is 0 Å². The highest BCUT2D eigenvalue weighted by atomic mass is 32.3. The van der Waals surface area contributed by atoms with Crippen molar-refractivity contribution in [1.29, 1.82) is 0 Å². The lowest BCUT2D eigenvalue weighted by Gasteiger charge is -2.29. The minimum atomic E-state index is -4.83. The van der Waals surface area contributed by atoms with E-state index >= 15 is 0 Å². The Morgan fingerprint density at radius 2 is 1.96 bits per heavy atom. The normalized spacial score (nSPS) is 24.1. The summed E-state index contributed by atoms with van der Waals surface area (Å²) in [6, 6.07) is -2.26. The third-order valence-corrected chi connectivity index (χ3v) is 3.98. The zero-order valence-electron chi connectivity index (χ0n) is 12.6. The molecule has 0 aromatic carbocycles. The molecule has 2 bridgehead atoms. The summed E-state index contributed by atoms with van der Waals surface area (Å²) in [4.78, 5) is 36.8. The monoisotopic (exact) mass is 350 g/mol. The summed E-state index contributed by atoms with van der Waals surface area (Å²) < 4.78 is 34.5. The fourth-order valence-electron chi connectivity index (χ4n) is 2.45. The Hall–Kier alpha value is -1.92. The molecule has 0 aromatic rings. The van der Waals surface area contributed by atoms with Crippen molar-refractivity contribution in [2.75, 3.05) is 6.54 Å². The number of hydroxylamine groups is 2. The molecular formula is C11H18N4O7S. The molecule has 0 saturated carbocycles. The van der Waals surface area contributed by atoms with Gasteiger partial charge in [0.25, 0.3) is 5.91 Å². The van der Waals surface area contributed by atoms with Gasteiger partial charge in [-0.25, -0.2) is 4.79 Å². The fraction of sp³-hybridized carbons (Fsp3) is 0.727. The standard InChI is InChI=1S/C11H18N4O7S/c1-6(2)9(16)12-13-10(17)8-4-3-7-5-14(8)11(18)15(7)22-23(19,20)21/h6-8H,3-5H2,1-2H3,(H,12,16)(H,13,17)(H,19,20,21)/t7?,8-/m0/s1. The maximum atomic E-state index is 12.1. The molecule has 2 atom stereocenters. The first kappa shape index (κ1) is 17.4. The van der Waals surface area contributed by atoms with Gasteiger partial charge in [-0.2, -0.15) is 13.5 Å². The van der Waals surface area contributed by atoms with Crippen LogP contribution in [0.3, 0.4) is 0 Å². The molecule has 2 aliphatic rings. The predicted octanol–water partition coefficient (Wildman–Crippen LogP) is -1.21. The maximum Gasteiger partial charge on any atom is 0.418 e. The largest absolute Gasteiger partial charge is 0.418 e. The lowest BCUT2D eigenvalue weighted by atomic mass is 10.0. The average Bonchev–Trinajstić information content (AvgIpc) is 2.68. The van der Waals surface area contributed by atoms with E-state index in [0.29, 0.717) is 11.5 Å². The zero-order valence-corrected chi connectivity index (χ0v) is 13.4. The maximum absolute atomic E-state index is 12.1. The van der Waals surface area contributed by atoms with Crippen LogP contribution < -0.4 is 10.9 Å². The number of hydrazine groups is 1. The van der Waals surface area contributed by atoms with E-state index in [1.807, 2.05) is 0 Å². The Bertz CT molecular complexity index is 620. The zero-order chi connectivity index (χ0) is 17.4. The number of amides is 4. The van der Waals surface area contributed by atoms with E-state index < -0.39 is 34.4 Å². The third-order valence-electron chi connectivity index (χ3n) is 3.63. The Labute approximate surface area is 132 Å². The summed E-state index contributed by atoms with van der Waals surface area (Å²) >= 11 is 0. The molecule has 3 N–H and O–H groups in total. The number of urea groups is 1. The van der Waals surface area contributed by atoms with E-state index in [0.717, 1.165) is 4.90 Å². The van der Waals surface area contributed by atoms with Gasteiger partial charge in [0.15, 0.2) is 0 Å². The molecule has 2 heterocycles. The molecule has 4 amide bonds. The highest BCUT2D eigenvalue weighted by molar-refractivity contribution is 7.80. The smallest absolute Gasteiger partial charge is 0.309 e. The van der Waals surface area contributed by atoms with Gasteiger partial charge < -0.3 is 4.90 Å². The number of carbonyl (C=O) groups excluding carboxylic acids is 3. The minimum Gasteiger partial charge on any atom is -0.309 e. The first-order valence-electron chi connectivity index (χ1n) is 6.96. The molecule has 0 aliphatic carbocycles. The SMILES string of the molecule is CC(C)C(=O)NNC(=O)[C@@H]1CCC2CN1C(=O)N2OS(=O)(=O)O. The number of carbonyl (C=O) groups is 3. The fourth-order valence-corrected chi connectivity index (χ4v) is 2.84. The van der Waals surface area contributed by atoms with Crippen LogP contribution >= 0.6 is 0 Å². The van der Waals surface area contributed by atoms with Gasteiger partial charge in [-0.1, -0.05) is 13.8 Å². The van der Waals surface area contributed by atoms with Crippen molar-refractivity contribution in [3.05, 3.63) is 0 Å². The van der Waals surface area contributed by atoms with E-state index in [1.54, 1.807) is 13.8 Å². The van der Waals surface area contributed by atoms with Gasteiger partial charge >= 0.3 is 16.4 Å². The van der Waals surface area contributed by atoms with E-state index in [-0.39, 0.29) is 24.8 Å². The number of nitrogens with one attached hydrogen (secondary N) is 2. The second-order valence-corrected chi connectivity index (χ2v) is 6.65. The number of fused-ring (bicyclic) bond motifs is 2. The van der Waals surface area contributed by atoms with Gasteiger partial charge in [0.05, 0.1) is 6.04 Å². The molecule has 2 fully saturated rings. The Balaban J connectivity index is 2.01. The van der Waals surface area contributed by atoms with Crippen LogP contribution in [0.15, 0.2) is 0 Å². The number of piperidine rings is 1. The van der Waals surface area contributed by atoms with Crippen LogP contribution in [0.25, 0.3) is 0 Å². The van der Waals surface area contributed by atoms with Crippen LogP contribution in [-0.4, -0.2) is 59.4 Å². The van der Waals surface area contributed by atoms with Crippen LogP contribution in [0.5, 0.6) is 0 Å². The molecule has 0 aromatic heterocycles. The molecule has 0 spiro atoms. The summed E-state index contributed by atoms with van der Waals surface area (Å²) in [5.41, 5.74) is 4.49. The quantitative estimate of drug-likeness (QED) is 0.426. The van der Waals surface area contributed by atoms with Gasteiger partial charge in [0, 0.05) is 12.5 Å². The number of rotatable bonds is 4. The lowest BCUT2D eigenvalue weighted by Crippen LogP contribution is -2.54. The molecule has 2 rings (SSSR count). The third kappa shape index (κ3) is 3.89. The molecular weight excluding hydrogens is 332 g/mol. The second-order valence-electron chi connectivity index (χ2n) is 5.64. The number of nitrogens with zero attached hydrogens (tertiary/aromatic N) is 2. The minimum absolute atomic E-state index is 0.0879. The van der Waals surface area contributed by atoms with Gasteiger partial charge in [-0.15, -0.1) is 4.28 Å². The van der Waals surface area contributed by atoms with Crippen LogP contribution in [0.4, 0.5) is 4.79 Å². The van der Waals surface area contributed by atoms with Crippen LogP contribution in [-0.2, 0) is 24.3 Å². The Morgan fingerprint density at radius 3 is 2.52 bits per heavy atom. The molecule has 2 saturated heterocycles. The second kappa shape index (κ2) is 6.29. The van der Waals surface area contributed by atoms with Crippen molar-refractivity contribution in [2.45, 2.75) is 38.8 Å². The average molecular weight is 350 g/mol. The highest BCUT2D eigenvalue weighted by Crippen LogP contribution is 2.30. The topological polar surface area (TPSA) is 145 Å². The highest BCUT2D eigenvalue weighted by Gasteiger charge is 2.49. The van der Waals surface area contributed by atoms with E-state index in [1.165, 1.54) is 0 Å². The molecule has 11 nitrogen and oxygen atoms in total. The van der Waals surface area contributed by atoms with Gasteiger partial charge in [-0.3, -0.25) is 25.0 Å². The van der Waals surface area contributed by atoms with Gasteiger partial charge in [0.1, 0.15) is 6.04 Å². The van der Waals surface area contributed by atoms with Crippen molar-refractivity contribution in [3.63, 3.8) is 0 Å². The van der Waals surface area contributed by atoms with Crippen molar-refractivity contribution in [1.82, 2.24) is 20.8 Å². The van der Waals surface area contributed by atoms with Crippen LogP contribution in [0, 0.1) is 5.92 Å². The first-order chi connectivity index (χ1) is 10.6. The van der Waals surface area contributed by atoms with Crippen molar-refractivity contribution >= 4 is 28.2 Å². The van der Waals surface area contributed by atoms with E-state index in [2.05, 4.69) is 15.1 Å². The lowest BCUT2D eigenvalue weighted by molar-refractivity contribution is -0.133. The molecule has 12 heteroatoms. The number of hydrogen-bond acceptors (Lipinski definition) is 6. The molecule has 23 heavy (non-hydrogen) atoms. The number of hydrogen-bond donors (Lipinski definition) is 3. The van der Waals surface area contributed by atoms with Crippen molar-refractivity contribution < 1.29 is 31.6 Å². The Morgan fingerprint density at radius 1 is 1.30 bits per heavy atom. The van der Waals surface area contributed by atoms with Gasteiger partial charge in [0.2, 0.25) is 5.91 Å². The molecule has 1 unspecified atom stereocenters.